The standard InChI is InChI=1S/C15H25NO5/c1-10(9-12(17)20-2)13(15(19)21-3)16-14(18)11-7-5-4-6-8-11/h10-11,13H,4-9H2,1-3H3,(H,16,18)/t10-,13+/m0/s1. The Morgan fingerprint density at radius 1 is 1.10 bits per heavy atom. The summed E-state index contributed by atoms with van der Waals surface area (Å²) in [5.41, 5.74) is 0. The number of hydrogen-bond donors (Lipinski definition) is 1. The first kappa shape index (κ1) is 17.5. The third kappa shape index (κ3) is 5.36. The zero-order chi connectivity index (χ0) is 15.8. The molecule has 0 aromatic carbocycles. The average molecular weight is 299 g/mol. The lowest BCUT2D eigenvalue weighted by Crippen LogP contribution is -2.48. The van der Waals surface area contributed by atoms with Crippen molar-refractivity contribution in [3.8, 4) is 0 Å². The van der Waals surface area contributed by atoms with Gasteiger partial charge >= 0.3 is 11.9 Å². The van der Waals surface area contributed by atoms with E-state index in [9.17, 15) is 14.4 Å². The van der Waals surface area contributed by atoms with E-state index in [1.807, 2.05) is 0 Å². The quantitative estimate of drug-likeness (QED) is 0.750. The van der Waals surface area contributed by atoms with Gasteiger partial charge in [0.15, 0.2) is 0 Å². The van der Waals surface area contributed by atoms with E-state index < -0.39 is 18.0 Å². The summed E-state index contributed by atoms with van der Waals surface area (Å²) in [6.07, 6.45) is 5.00. The molecule has 0 aliphatic heterocycles. The van der Waals surface area contributed by atoms with Gasteiger partial charge in [0.05, 0.1) is 20.6 Å². The molecule has 0 unspecified atom stereocenters. The smallest absolute Gasteiger partial charge is 0.328 e. The van der Waals surface area contributed by atoms with E-state index in [1.54, 1.807) is 6.92 Å². The minimum absolute atomic E-state index is 0.0452. The summed E-state index contributed by atoms with van der Waals surface area (Å²) in [7, 11) is 2.57. The molecule has 0 radical (unpaired) electrons. The van der Waals surface area contributed by atoms with E-state index in [1.165, 1.54) is 14.2 Å². The number of carbonyl (C=O) groups is 3. The van der Waals surface area contributed by atoms with Gasteiger partial charge in [-0.15, -0.1) is 0 Å². The van der Waals surface area contributed by atoms with Crippen LogP contribution in [0.2, 0.25) is 0 Å². The number of methoxy groups -OCH3 is 2. The van der Waals surface area contributed by atoms with E-state index in [-0.39, 0.29) is 24.2 Å². The van der Waals surface area contributed by atoms with Gasteiger partial charge in [-0.05, 0) is 18.8 Å². The van der Waals surface area contributed by atoms with Gasteiger partial charge in [0.25, 0.3) is 0 Å². The molecule has 1 fully saturated rings. The summed E-state index contributed by atoms with van der Waals surface area (Å²) in [6.45, 7) is 1.72. The van der Waals surface area contributed by atoms with Crippen molar-refractivity contribution in [2.45, 2.75) is 51.5 Å². The van der Waals surface area contributed by atoms with E-state index in [4.69, 9.17) is 4.74 Å². The Morgan fingerprint density at radius 3 is 2.24 bits per heavy atom. The second-order valence-corrected chi connectivity index (χ2v) is 5.60. The predicted octanol–water partition coefficient (Wildman–Crippen LogP) is 1.42. The van der Waals surface area contributed by atoms with Crippen LogP contribution in [-0.4, -0.2) is 38.1 Å². The van der Waals surface area contributed by atoms with Crippen LogP contribution >= 0.6 is 0 Å². The Hall–Kier alpha value is -1.59. The minimum atomic E-state index is -0.816. The number of esters is 2. The SMILES string of the molecule is COC(=O)C[C@H](C)[C@@H](NC(=O)C1CCCCC1)C(=O)OC. The van der Waals surface area contributed by atoms with Crippen LogP contribution in [0.15, 0.2) is 0 Å². The first-order chi connectivity index (χ1) is 9.99. The van der Waals surface area contributed by atoms with Gasteiger partial charge < -0.3 is 14.8 Å². The van der Waals surface area contributed by atoms with Crippen molar-refractivity contribution >= 4 is 17.8 Å². The van der Waals surface area contributed by atoms with Crippen molar-refractivity contribution in [1.29, 1.82) is 0 Å². The molecule has 120 valence electrons. The van der Waals surface area contributed by atoms with E-state index >= 15 is 0 Å². The molecule has 1 aliphatic rings. The van der Waals surface area contributed by atoms with Crippen molar-refractivity contribution in [3.05, 3.63) is 0 Å². The highest BCUT2D eigenvalue weighted by Crippen LogP contribution is 2.24. The number of nitrogens with one attached hydrogen (secondary N) is 1. The Bertz CT molecular complexity index is 376. The van der Waals surface area contributed by atoms with Gasteiger partial charge in [-0.25, -0.2) is 4.79 Å². The molecule has 6 nitrogen and oxygen atoms in total. The Labute approximate surface area is 125 Å². The third-order valence-electron chi connectivity index (χ3n) is 4.01. The van der Waals surface area contributed by atoms with Gasteiger partial charge in [0, 0.05) is 5.92 Å². The molecular formula is C15H25NO5. The Morgan fingerprint density at radius 2 is 1.71 bits per heavy atom. The van der Waals surface area contributed by atoms with Gasteiger partial charge in [0.1, 0.15) is 6.04 Å². The molecule has 1 amide bonds. The molecular weight excluding hydrogens is 274 g/mol. The molecule has 1 saturated carbocycles. The number of carbonyl (C=O) groups excluding carboxylic acids is 3. The highest BCUT2D eigenvalue weighted by atomic mass is 16.5. The fraction of sp³-hybridized carbons (Fsp3) is 0.800. The fourth-order valence-corrected chi connectivity index (χ4v) is 2.66. The van der Waals surface area contributed by atoms with Crippen LogP contribution in [0, 0.1) is 11.8 Å². The number of hydrogen-bond acceptors (Lipinski definition) is 5. The summed E-state index contributed by atoms with van der Waals surface area (Å²) in [4.78, 5) is 35.4. The van der Waals surface area contributed by atoms with Crippen LogP contribution in [0.3, 0.4) is 0 Å². The molecule has 0 aromatic rings. The minimum Gasteiger partial charge on any atom is -0.469 e. The van der Waals surface area contributed by atoms with Crippen LogP contribution in [0.25, 0.3) is 0 Å². The molecule has 1 N–H and O–H groups in total. The molecule has 0 spiro atoms. The zero-order valence-corrected chi connectivity index (χ0v) is 13.0. The molecule has 21 heavy (non-hydrogen) atoms. The summed E-state index contributed by atoms with van der Waals surface area (Å²) < 4.78 is 9.33. The lowest BCUT2D eigenvalue weighted by atomic mass is 9.88. The fourth-order valence-electron chi connectivity index (χ4n) is 2.66. The molecule has 0 saturated heterocycles. The molecule has 6 heteroatoms. The van der Waals surface area contributed by atoms with Crippen molar-refractivity contribution < 1.29 is 23.9 Å². The predicted molar refractivity (Wildman–Crippen MR) is 76.3 cm³/mol. The van der Waals surface area contributed by atoms with Crippen molar-refractivity contribution in [2.75, 3.05) is 14.2 Å². The summed E-state index contributed by atoms with van der Waals surface area (Å²) in [6, 6.07) is -0.816. The second-order valence-electron chi connectivity index (χ2n) is 5.60. The number of amides is 1. The number of ether oxygens (including phenoxy) is 2. The highest BCUT2D eigenvalue weighted by molar-refractivity contribution is 5.86. The third-order valence-corrected chi connectivity index (χ3v) is 4.01. The molecule has 1 rings (SSSR count). The average Bonchev–Trinajstić information content (AvgIpc) is 2.52. The Kier molecular flexibility index (Phi) is 7.19. The molecule has 0 bridgehead atoms. The molecule has 1 aliphatic carbocycles. The maximum atomic E-state index is 12.3. The van der Waals surface area contributed by atoms with Gasteiger partial charge in [-0.1, -0.05) is 26.2 Å². The molecule has 2 atom stereocenters. The van der Waals surface area contributed by atoms with Crippen molar-refractivity contribution in [2.24, 2.45) is 11.8 Å². The number of rotatable bonds is 6. The lowest BCUT2D eigenvalue weighted by molar-refractivity contribution is -0.149. The highest BCUT2D eigenvalue weighted by Gasteiger charge is 2.32. The van der Waals surface area contributed by atoms with Crippen LogP contribution in [-0.2, 0) is 23.9 Å². The second kappa shape index (κ2) is 8.64. The normalized spacial score (nSPS) is 18.4. The van der Waals surface area contributed by atoms with E-state index in [0.717, 1.165) is 32.1 Å². The summed E-state index contributed by atoms with van der Waals surface area (Å²) in [5, 5.41) is 2.75. The lowest BCUT2D eigenvalue weighted by Gasteiger charge is -2.26. The molecule has 0 heterocycles. The van der Waals surface area contributed by atoms with Crippen LogP contribution in [0.5, 0.6) is 0 Å². The largest absolute Gasteiger partial charge is 0.469 e. The summed E-state index contributed by atoms with van der Waals surface area (Å²) in [5.74, 6) is -1.49. The van der Waals surface area contributed by atoms with E-state index in [0.29, 0.717) is 0 Å². The maximum absolute atomic E-state index is 12.3. The van der Waals surface area contributed by atoms with Crippen LogP contribution in [0.4, 0.5) is 0 Å². The first-order valence-electron chi connectivity index (χ1n) is 7.44. The Balaban J connectivity index is 2.66. The topological polar surface area (TPSA) is 81.7 Å². The van der Waals surface area contributed by atoms with Gasteiger partial charge in [0.2, 0.25) is 5.91 Å². The van der Waals surface area contributed by atoms with Crippen molar-refractivity contribution in [3.63, 3.8) is 0 Å². The first-order valence-corrected chi connectivity index (χ1v) is 7.44. The van der Waals surface area contributed by atoms with Gasteiger partial charge in [-0.2, -0.15) is 0 Å². The van der Waals surface area contributed by atoms with Gasteiger partial charge in [-0.3, -0.25) is 9.59 Å². The van der Waals surface area contributed by atoms with E-state index in [2.05, 4.69) is 10.1 Å². The summed E-state index contributed by atoms with van der Waals surface area (Å²) >= 11 is 0. The van der Waals surface area contributed by atoms with Crippen molar-refractivity contribution in [1.82, 2.24) is 5.32 Å². The zero-order valence-electron chi connectivity index (χ0n) is 13.0. The maximum Gasteiger partial charge on any atom is 0.328 e. The van der Waals surface area contributed by atoms with Crippen LogP contribution in [0.1, 0.15) is 45.4 Å². The monoisotopic (exact) mass is 299 g/mol. The molecule has 0 aromatic heterocycles. The van der Waals surface area contributed by atoms with Crippen LogP contribution < -0.4 is 5.32 Å².